The summed E-state index contributed by atoms with van der Waals surface area (Å²) in [6, 6.07) is 16.7. The number of hydrogen-bond donors (Lipinski definition) is 0. The first-order valence-corrected chi connectivity index (χ1v) is 12.2. The zero-order chi connectivity index (χ0) is 22.9. The SMILES string of the molecule is CN(C)S(=O)(=O)c1ccc(C(=O)N(Cc2ccccn2)c2nc3ccc(Cl)cc3s2)cc1. The normalized spacial score (nSPS) is 11.8. The molecule has 2 heterocycles. The first-order chi connectivity index (χ1) is 15.3. The number of amides is 1. The van der Waals surface area contributed by atoms with E-state index in [2.05, 4.69) is 9.97 Å². The number of benzene rings is 2. The molecule has 0 saturated heterocycles. The van der Waals surface area contributed by atoms with E-state index in [0.29, 0.717) is 21.4 Å². The van der Waals surface area contributed by atoms with Crippen LogP contribution >= 0.6 is 22.9 Å². The van der Waals surface area contributed by atoms with E-state index < -0.39 is 10.0 Å². The van der Waals surface area contributed by atoms with Crippen LogP contribution in [-0.4, -0.2) is 42.7 Å². The molecule has 0 fully saturated rings. The van der Waals surface area contributed by atoms with Crippen molar-refractivity contribution < 1.29 is 13.2 Å². The summed E-state index contributed by atoms with van der Waals surface area (Å²) in [6.45, 7) is 0.213. The van der Waals surface area contributed by atoms with Crippen LogP contribution in [0.1, 0.15) is 16.1 Å². The molecule has 0 atom stereocenters. The largest absolute Gasteiger partial charge is 0.278 e. The van der Waals surface area contributed by atoms with E-state index in [-0.39, 0.29) is 17.3 Å². The van der Waals surface area contributed by atoms with Gasteiger partial charge >= 0.3 is 0 Å². The molecule has 7 nitrogen and oxygen atoms in total. The first-order valence-electron chi connectivity index (χ1n) is 9.56. The van der Waals surface area contributed by atoms with Gasteiger partial charge in [0.05, 0.1) is 27.4 Å². The van der Waals surface area contributed by atoms with Crippen molar-refractivity contribution in [3.05, 3.63) is 83.1 Å². The van der Waals surface area contributed by atoms with Gasteiger partial charge < -0.3 is 0 Å². The van der Waals surface area contributed by atoms with Gasteiger partial charge in [-0.2, -0.15) is 0 Å². The molecule has 4 aromatic rings. The molecule has 0 aliphatic heterocycles. The molecule has 4 rings (SSSR count). The standard InChI is InChI=1S/C22H19ClN4O3S2/c1-26(2)32(29,30)18-9-6-15(7-10-18)21(28)27(14-17-5-3-4-12-24-17)22-25-19-11-8-16(23)13-20(19)31-22/h3-13H,14H2,1-2H3. The molecule has 2 aromatic carbocycles. The molecule has 164 valence electrons. The Morgan fingerprint density at radius 1 is 1.06 bits per heavy atom. The van der Waals surface area contributed by atoms with Gasteiger partial charge in [0, 0.05) is 30.9 Å². The van der Waals surface area contributed by atoms with Crippen LogP contribution in [0.2, 0.25) is 5.02 Å². The highest BCUT2D eigenvalue weighted by Crippen LogP contribution is 2.32. The zero-order valence-corrected chi connectivity index (χ0v) is 19.7. The highest BCUT2D eigenvalue weighted by Gasteiger charge is 2.24. The summed E-state index contributed by atoms with van der Waals surface area (Å²) < 4.78 is 26.7. The maximum absolute atomic E-state index is 13.5. The molecule has 0 spiro atoms. The monoisotopic (exact) mass is 486 g/mol. The third kappa shape index (κ3) is 4.51. The predicted molar refractivity (Wildman–Crippen MR) is 127 cm³/mol. The van der Waals surface area contributed by atoms with Gasteiger partial charge in [0.15, 0.2) is 5.13 Å². The molecule has 0 aliphatic rings. The Bertz CT molecular complexity index is 1370. The molecule has 0 unspecified atom stereocenters. The van der Waals surface area contributed by atoms with Crippen LogP contribution < -0.4 is 4.90 Å². The molecule has 0 saturated carbocycles. The molecular weight excluding hydrogens is 468 g/mol. The van der Waals surface area contributed by atoms with E-state index in [1.807, 2.05) is 24.3 Å². The minimum absolute atomic E-state index is 0.116. The van der Waals surface area contributed by atoms with Crippen LogP contribution in [0.3, 0.4) is 0 Å². The molecule has 1 amide bonds. The Labute approximate surface area is 195 Å². The number of rotatable bonds is 6. The number of carbonyl (C=O) groups is 1. The second-order valence-electron chi connectivity index (χ2n) is 7.13. The summed E-state index contributed by atoms with van der Waals surface area (Å²) in [5, 5.41) is 1.09. The molecule has 2 aromatic heterocycles. The van der Waals surface area contributed by atoms with Gasteiger partial charge in [-0.05, 0) is 54.6 Å². The molecule has 32 heavy (non-hydrogen) atoms. The summed E-state index contributed by atoms with van der Waals surface area (Å²) in [5.74, 6) is -0.311. The van der Waals surface area contributed by atoms with E-state index in [9.17, 15) is 13.2 Å². The molecule has 0 aliphatic carbocycles. The van der Waals surface area contributed by atoms with Crippen LogP contribution in [-0.2, 0) is 16.6 Å². The minimum atomic E-state index is -3.59. The van der Waals surface area contributed by atoms with Gasteiger partial charge in [-0.3, -0.25) is 14.7 Å². The smallest absolute Gasteiger partial charge is 0.260 e. The fraction of sp³-hybridized carbons (Fsp3) is 0.136. The maximum Gasteiger partial charge on any atom is 0.260 e. The fourth-order valence-corrected chi connectivity index (χ4v) is 5.16. The van der Waals surface area contributed by atoms with Gasteiger partial charge in [0.25, 0.3) is 5.91 Å². The molecule has 0 radical (unpaired) electrons. The van der Waals surface area contributed by atoms with Gasteiger partial charge in [-0.25, -0.2) is 17.7 Å². The fourth-order valence-electron chi connectivity index (χ4n) is 3.02. The summed E-state index contributed by atoms with van der Waals surface area (Å²) >= 11 is 7.46. The number of nitrogens with zero attached hydrogens (tertiary/aromatic N) is 4. The number of anilines is 1. The Kier molecular flexibility index (Phi) is 6.25. The first kappa shape index (κ1) is 22.3. The summed E-state index contributed by atoms with van der Waals surface area (Å²) in [4.78, 5) is 24.1. The molecule has 0 N–H and O–H groups in total. The van der Waals surface area contributed by atoms with E-state index in [1.54, 1.807) is 18.3 Å². The third-order valence-electron chi connectivity index (χ3n) is 4.74. The number of fused-ring (bicyclic) bond motifs is 1. The van der Waals surface area contributed by atoms with Crippen molar-refractivity contribution >= 4 is 54.2 Å². The highest BCUT2D eigenvalue weighted by molar-refractivity contribution is 7.89. The van der Waals surface area contributed by atoms with Crippen molar-refractivity contribution in [1.29, 1.82) is 0 Å². The van der Waals surface area contributed by atoms with Gasteiger partial charge in [-0.1, -0.05) is 29.0 Å². The molecular formula is C22H19ClN4O3S2. The van der Waals surface area contributed by atoms with Crippen molar-refractivity contribution in [2.75, 3.05) is 19.0 Å². The second kappa shape index (κ2) is 8.95. The number of sulfonamides is 1. The average Bonchev–Trinajstić information content (AvgIpc) is 3.20. The van der Waals surface area contributed by atoms with E-state index >= 15 is 0 Å². The van der Waals surface area contributed by atoms with Crippen LogP contribution in [0.25, 0.3) is 10.2 Å². The van der Waals surface area contributed by atoms with Crippen LogP contribution in [0.15, 0.2) is 71.8 Å². The number of hydrogen-bond acceptors (Lipinski definition) is 6. The maximum atomic E-state index is 13.5. The second-order valence-corrected chi connectivity index (χ2v) is 10.7. The van der Waals surface area contributed by atoms with Crippen molar-refractivity contribution in [2.24, 2.45) is 0 Å². The van der Waals surface area contributed by atoms with Crippen LogP contribution in [0, 0.1) is 0 Å². The minimum Gasteiger partial charge on any atom is -0.278 e. The van der Waals surface area contributed by atoms with Crippen molar-refractivity contribution in [3.63, 3.8) is 0 Å². The quantitative estimate of drug-likeness (QED) is 0.402. The third-order valence-corrected chi connectivity index (χ3v) is 7.85. The number of halogens is 1. The van der Waals surface area contributed by atoms with E-state index in [1.165, 1.54) is 54.6 Å². The van der Waals surface area contributed by atoms with Crippen LogP contribution in [0.5, 0.6) is 0 Å². The number of carbonyl (C=O) groups excluding carboxylic acids is 1. The average molecular weight is 487 g/mol. The summed E-state index contributed by atoms with van der Waals surface area (Å²) in [7, 11) is -0.665. The topological polar surface area (TPSA) is 83.5 Å². The molecule has 0 bridgehead atoms. The summed E-state index contributed by atoms with van der Waals surface area (Å²) in [6.07, 6.45) is 1.66. The number of pyridine rings is 1. The number of thiazole rings is 1. The van der Waals surface area contributed by atoms with Crippen molar-refractivity contribution in [2.45, 2.75) is 11.4 Å². The van der Waals surface area contributed by atoms with Crippen molar-refractivity contribution in [3.8, 4) is 0 Å². The van der Waals surface area contributed by atoms with Gasteiger partial charge in [-0.15, -0.1) is 0 Å². The lowest BCUT2D eigenvalue weighted by Crippen LogP contribution is -2.30. The highest BCUT2D eigenvalue weighted by atomic mass is 35.5. The lowest BCUT2D eigenvalue weighted by Gasteiger charge is -2.20. The van der Waals surface area contributed by atoms with E-state index in [0.717, 1.165) is 14.5 Å². The predicted octanol–water partition coefficient (Wildman–Crippen LogP) is 4.44. The van der Waals surface area contributed by atoms with Crippen molar-refractivity contribution in [1.82, 2.24) is 14.3 Å². The van der Waals surface area contributed by atoms with Crippen LogP contribution in [0.4, 0.5) is 5.13 Å². The zero-order valence-electron chi connectivity index (χ0n) is 17.3. The lowest BCUT2D eigenvalue weighted by atomic mass is 10.2. The van der Waals surface area contributed by atoms with E-state index in [4.69, 9.17) is 11.6 Å². The van der Waals surface area contributed by atoms with Gasteiger partial charge in [0.2, 0.25) is 10.0 Å². The number of aromatic nitrogens is 2. The Hall–Kier alpha value is -2.85. The Balaban J connectivity index is 1.73. The lowest BCUT2D eigenvalue weighted by molar-refractivity contribution is 0.0984. The van der Waals surface area contributed by atoms with Gasteiger partial charge in [0.1, 0.15) is 0 Å². The Morgan fingerprint density at radius 3 is 2.47 bits per heavy atom. The Morgan fingerprint density at radius 2 is 1.81 bits per heavy atom. The molecule has 10 heteroatoms. The summed E-state index contributed by atoms with van der Waals surface area (Å²) in [5.41, 5.74) is 1.78.